The Kier molecular flexibility index (Phi) is 4.94. The Morgan fingerprint density at radius 1 is 1.29 bits per heavy atom. The zero-order chi connectivity index (χ0) is 17.1. The van der Waals surface area contributed by atoms with Crippen molar-refractivity contribution < 1.29 is 9.18 Å². The molecule has 1 aromatic heterocycles. The molecule has 1 fully saturated rings. The zero-order valence-corrected chi connectivity index (χ0v) is 14.1. The first-order chi connectivity index (χ1) is 11.5. The van der Waals surface area contributed by atoms with Crippen LogP contribution in [0.25, 0.3) is 0 Å². The van der Waals surface area contributed by atoms with Gasteiger partial charge in [-0.3, -0.25) is 4.79 Å². The minimum atomic E-state index is -0.667. The standard InChI is InChI=1S/C17H18ClFN4O/c1-11-5-7-23(8-6-11)17-20-9-12(10-21-17)22-16(24)15-13(18)3-2-4-14(15)19/h2-4,9-11H,5-8H2,1H3,(H,22,24). The number of carbonyl (C=O) groups excluding carboxylic acids is 1. The number of carbonyl (C=O) groups is 1. The highest BCUT2D eigenvalue weighted by Gasteiger charge is 2.19. The van der Waals surface area contributed by atoms with Gasteiger partial charge in [-0.2, -0.15) is 0 Å². The Balaban J connectivity index is 1.69. The average molecular weight is 349 g/mol. The fraction of sp³-hybridized carbons (Fsp3) is 0.353. The molecule has 1 amide bonds. The quantitative estimate of drug-likeness (QED) is 0.917. The Bertz CT molecular complexity index is 710. The van der Waals surface area contributed by atoms with Crippen molar-refractivity contribution in [3.63, 3.8) is 0 Å². The predicted octanol–water partition coefficient (Wildman–Crippen LogP) is 3.76. The Labute approximate surface area is 144 Å². The highest BCUT2D eigenvalue weighted by molar-refractivity contribution is 6.34. The molecule has 0 unspecified atom stereocenters. The molecule has 24 heavy (non-hydrogen) atoms. The molecule has 126 valence electrons. The van der Waals surface area contributed by atoms with Crippen LogP contribution in [0.5, 0.6) is 0 Å². The molecular weight excluding hydrogens is 331 g/mol. The number of anilines is 2. The number of nitrogens with zero attached hydrogens (tertiary/aromatic N) is 3. The smallest absolute Gasteiger partial charge is 0.260 e. The van der Waals surface area contributed by atoms with Crippen molar-refractivity contribution in [3.05, 3.63) is 47.0 Å². The molecule has 2 aromatic rings. The van der Waals surface area contributed by atoms with Gasteiger partial charge in [0.25, 0.3) is 5.91 Å². The molecule has 1 saturated heterocycles. The summed E-state index contributed by atoms with van der Waals surface area (Å²) in [6.07, 6.45) is 5.28. The molecule has 0 atom stereocenters. The number of amides is 1. The van der Waals surface area contributed by atoms with Crippen LogP contribution in [0.4, 0.5) is 16.0 Å². The van der Waals surface area contributed by atoms with Crippen molar-refractivity contribution >= 4 is 29.1 Å². The van der Waals surface area contributed by atoms with Gasteiger partial charge in [-0.15, -0.1) is 0 Å². The highest BCUT2D eigenvalue weighted by atomic mass is 35.5. The van der Waals surface area contributed by atoms with Crippen molar-refractivity contribution in [2.45, 2.75) is 19.8 Å². The van der Waals surface area contributed by atoms with Crippen LogP contribution in [0.2, 0.25) is 5.02 Å². The van der Waals surface area contributed by atoms with Crippen LogP contribution in [0.15, 0.2) is 30.6 Å². The Morgan fingerprint density at radius 2 is 1.96 bits per heavy atom. The van der Waals surface area contributed by atoms with Gasteiger partial charge in [-0.1, -0.05) is 24.6 Å². The maximum atomic E-state index is 13.8. The van der Waals surface area contributed by atoms with E-state index in [1.807, 2.05) is 0 Å². The maximum absolute atomic E-state index is 13.8. The fourth-order valence-corrected chi connectivity index (χ4v) is 2.91. The van der Waals surface area contributed by atoms with Crippen LogP contribution in [0, 0.1) is 11.7 Å². The van der Waals surface area contributed by atoms with Crippen molar-refractivity contribution in [2.24, 2.45) is 5.92 Å². The van der Waals surface area contributed by atoms with Crippen LogP contribution < -0.4 is 10.2 Å². The van der Waals surface area contributed by atoms with Crippen LogP contribution in [-0.2, 0) is 0 Å². The maximum Gasteiger partial charge on any atom is 0.260 e. The van der Waals surface area contributed by atoms with Crippen molar-refractivity contribution in [3.8, 4) is 0 Å². The van der Waals surface area contributed by atoms with E-state index in [9.17, 15) is 9.18 Å². The third-order valence-corrected chi connectivity index (χ3v) is 4.47. The molecule has 5 nitrogen and oxygen atoms in total. The van der Waals surface area contributed by atoms with Crippen LogP contribution >= 0.6 is 11.6 Å². The Hall–Kier alpha value is -2.21. The summed E-state index contributed by atoms with van der Waals surface area (Å²) < 4.78 is 13.8. The van der Waals surface area contributed by atoms with Gasteiger partial charge in [0, 0.05) is 13.1 Å². The molecule has 1 aliphatic rings. The molecular formula is C17H18ClFN4O. The third kappa shape index (κ3) is 3.64. The molecule has 0 bridgehead atoms. The van der Waals surface area contributed by atoms with Gasteiger partial charge < -0.3 is 10.2 Å². The van der Waals surface area contributed by atoms with Crippen molar-refractivity contribution in [1.29, 1.82) is 0 Å². The summed E-state index contributed by atoms with van der Waals surface area (Å²) in [6, 6.07) is 4.11. The van der Waals surface area contributed by atoms with Gasteiger partial charge in [0.15, 0.2) is 0 Å². The van der Waals surface area contributed by atoms with E-state index in [0.29, 0.717) is 11.6 Å². The number of halogens is 2. The van der Waals surface area contributed by atoms with Gasteiger partial charge in [0.2, 0.25) is 5.95 Å². The predicted molar refractivity (Wildman–Crippen MR) is 92.0 cm³/mol. The molecule has 3 rings (SSSR count). The summed E-state index contributed by atoms with van der Waals surface area (Å²) >= 11 is 5.89. The molecule has 0 aliphatic carbocycles. The summed E-state index contributed by atoms with van der Waals surface area (Å²) in [6.45, 7) is 4.10. The van der Waals surface area contributed by atoms with Crippen LogP contribution in [0.3, 0.4) is 0 Å². The highest BCUT2D eigenvalue weighted by Crippen LogP contribution is 2.22. The number of rotatable bonds is 3. The third-order valence-electron chi connectivity index (χ3n) is 4.15. The van der Waals surface area contributed by atoms with Gasteiger partial charge in [0.1, 0.15) is 5.82 Å². The van der Waals surface area contributed by atoms with Crippen molar-refractivity contribution in [2.75, 3.05) is 23.3 Å². The monoisotopic (exact) mass is 348 g/mol. The number of benzene rings is 1. The lowest BCUT2D eigenvalue weighted by atomic mass is 10.00. The van der Waals surface area contributed by atoms with Gasteiger partial charge in [0.05, 0.1) is 28.7 Å². The minimum absolute atomic E-state index is 0.0625. The van der Waals surface area contributed by atoms with Crippen LogP contribution in [0.1, 0.15) is 30.1 Å². The van der Waals surface area contributed by atoms with E-state index >= 15 is 0 Å². The lowest BCUT2D eigenvalue weighted by Gasteiger charge is -2.30. The summed E-state index contributed by atoms with van der Waals surface area (Å²) in [5, 5.41) is 2.63. The lowest BCUT2D eigenvalue weighted by molar-refractivity contribution is 0.102. The van der Waals surface area contributed by atoms with E-state index < -0.39 is 11.7 Å². The SMILES string of the molecule is CC1CCN(c2ncc(NC(=O)c3c(F)cccc3Cl)cn2)CC1. The number of aromatic nitrogens is 2. The number of piperidine rings is 1. The van der Waals surface area contributed by atoms with E-state index in [1.165, 1.54) is 30.6 Å². The van der Waals surface area contributed by atoms with E-state index in [4.69, 9.17) is 11.6 Å². The molecule has 0 spiro atoms. The van der Waals surface area contributed by atoms with E-state index in [0.717, 1.165) is 31.8 Å². The van der Waals surface area contributed by atoms with E-state index in [-0.39, 0.29) is 10.6 Å². The molecule has 0 radical (unpaired) electrons. The van der Waals surface area contributed by atoms with E-state index in [2.05, 4.69) is 27.1 Å². The second-order valence-corrected chi connectivity index (χ2v) is 6.40. The van der Waals surface area contributed by atoms with Gasteiger partial charge in [-0.05, 0) is 30.9 Å². The summed E-state index contributed by atoms with van der Waals surface area (Å²) in [4.78, 5) is 22.9. The van der Waals surface area contributed by atoms with Crippen molar-refractivity contribution in [1.82, 2.24) is 9.97 Å². The minimum Gasteiger partial charge on any atom is -0.341 e. The Morgan fingerprint density at radius 3 is 2.58 bits per heavy atom. The second-order valence-electron chi connectivity index (χ2n) is 5.99. The lowest BCUT2D eigenvalue weighted by Crippen LogP contribution is -2.34. The first-order valence-corrected chi connectivity index (χ1v) is 8.24. The molecule has 7 heteroatoms. The number of nitrogens with one attached hydrogen (secondary N) is 1. The first-order valence-electron chi connectivity index (χ1n) is 7.87. The molecule has 1 aromatic carbocycles. The van der Waals surface area contributed by atoms with Crippen LogP contribution in [-0.4, -0.2) is 29.0 Å². The fourth-order valence-electron chi connectivity index (χ4n) is 2.67. The number of hydrogen-bond donors (Lipinski definition) is 1. The first kappa shape index (κ1) is 16.6. The van der Waals surface area contributed by atoms with E-state index in [1.54, 1.807) is 0 Å². The largest absolute Gasteiger partial charge is 0.341 e. The molecule has 2 heterocycles. The topological polar surface area (TPSA) is 58.1 Å². The summed E-state index contributed by atoms with van der Waals surface area (Å²) in [7, 11) is 0. The summed E-state index contributed by atoms with van der Waals surface area (Å²) in [5.74, 6) is 0.0791. The molecule has 1 N–H and O–H groups in total. The number of hydrogen-bond acceptors (Lipinski definition) is 4. The molecule has 0 saturated carbocycles. The van der Waals surface area contributed by atoms with Gasteiger partial charge >= 0.3 is 0 Å². The molecule has 1 aliphatic heterocycles. The normalized spacial score (nSPS) is 15.4. The average Bonchev–Trinajstić information content (AvgIpc) is 2.56. The summed E-state index contributed by atoms with van der Waals surface area (Å²) in [5.41, 5.74) is 0.210. The zero-order valence-electron chi connectivity index (χ0n) is 13.3. The second kappa shape index (κ2) is 7.13. The van der Waals surface area contributed by atoms with Gasteiger partial charge in [-0.25, -0.2) is 14.4 Å².